The molecule has 0 aromatic heterocycles. The van der Waals surface area contributed by atoms with Gasteiger partial charge in [-0.2, -0.15) is 0 Å². The van der Waals surface area contributed by atoms with Gasteiger partial charge in [0.05, 0.1) is 5.56 Å². The van der Waals surface area contributed by atoms with Gasteiger partial charge in [-0.15, -0.1) is 0 Å². The number of hydrogen-bond donors (Lipinski definition) is 2. The van der Waals surface area contributed by atoms with Crippen LogP contribution in [0.2, 0.25) is 0 Å². The Morgan fingerprint density at radius 2 is 2.28 bits per heavy atom. The van der Waals surface area contributed by atoms with Gasteiger partial charge in [0.15, 0.2) is 5.78 Å². The van der Waals surface area contributed by atoms with Crippen molar-refractivity contribution in [2.75, 3.05) is 24.5 Å². The molecule has 2 aliphatic heterocycles. The first-order valence-electron chi connectivity index (χ1n) is 6.07. The number of carbonyl (C=O) groups excluding carboxylic acids is 1. The molecule has 1 unspecified atom stereocenters. The van der Waals surface area contributed by atoms with E-state index in [4.69, 9.17) is 5.11 Å². The monoisotopic (exact) mass is 246 g/mol. The van der Waals surface area contributed by atoms with Crippen molar-refractivity contribution in [3.8, 4) is 0 Å². The topological polar surface area (TPSA) is 69.6 Å². The summed E-state index contributed by atoms with van der Waals surface area (Å²) in [7, 11) is 0. The SMILES string of the molecule is O=C(O)c1ccc2c(c1)N1CCCNCC1C2=O. The van der Waals surface area contributed by atoms with Gasteiger partial charge in [0.2, 0.25) is 0 Å². The highest BCUT2D eigenvalue weighted by molar-refractivity contribution is 6.12. The number of anilines is 1. The number of aromatic carboxylic acids is 1. The number of carboxylic acid groups (broad SMARTS) is 1. The van der Waals surface area contributed by atoms with Crippen molar-refractivity contribution in [1.29, 1.82) is 0 Å². The van der Waals surface area contributed by atoms with E-state index in [0.29, 0.717) is 12.1 Å². The van der Waals surface area contributed by atoms with Crippen LogP contribution in [0.4, 0.5) is 5.69 Å². The lowest BCUT2D eigenvalue weighted by molar-refractivity contribution is 0.0696. The zero-order valence-electron chi connectivity index (χ0n) is 9.85. The second-order valence-electron chi connectivity index (χ2n) is 4.67. The first-order chi connectivity index (χ1) is 8.68. The molecule has 1 aromatic rings. The summed E-state index contributed by atoms with van der Waals surface area (Å²) in [5.41, 5.74) is 1.65. The van der Waals surface area contributed by atoms with Crippen molar-refractivity contribution in [1.82, 2.24) is 5.32 Å². The third-order valence-electron chi connectivity index (χ3n) is 3.59. The molecule has 1 saturated heterocycles. The lowest BCUT2D eigenvalue weighted by atomic mass is 10.1. The van der Waals surface area contributed by atoms with Crippen LogP contribution >= 0.6 is 0 Å². The van der Waals surface area contributed by atoms with E-state index in [1.165, 1.54) is 6.07 Å². The number of nitrogens with one attached hydrogen (secondary N) is 1. The van der Waals surface area contributed by atoms with Crippen molar-refractivity contribution in [3.05, 3.63) is 29.3 Å². The minimum absolute atomic E-state index is 0.0938. The van der Waals surface area contributed by atoms with Crippen LogP contribution in [-0.2, 0) is 0 Å². The maximum atomic E-state index is 12.2. The first-order valence-corrected chi connectivity index (χ1v) is 6.07. The molecule has 3 rings (SSSR count). The zero-order valence-corrected chi connectivity index (χ0v) is 9.85. The second kappa shape index (κ2) is 4.10. The molecule has 5 heteroatoms. The maximum absolute atomic E-state index is 12.2. The molecule has 0 spiro atoms. The summed E-state index contributed by atoms with van der Waals surface area (Å²) < 4.78 is 0. The van der Waals surface area contributed by atoms with E-state index in [0.717, 1.165) is 25.2 Å². The molecule has 0 bridgehead atoms. The standard InChI is InChI=1S/C13H14N2O3/c16-12-9-3-2-8(13(17)18)6-10(9)15-5-1-4-14-7-11(12)15/h2-3,6,11,14H,1,4-5,7H2,(H,17,18). The molecule has 0 radical (unpaired) electrons. The second-order valence-corrected chi connectivity index (χ2v) is 4.67. The molecule has 1 aromatic carbocycles. The smallest absolute Gasteiger partial charge is 0.335 e. The van der Waals surface area contributed by atoms with Crippen molar-refractivity contribution in [2.24, 2.45) is 0 Å². The average Bonchev–Trinajstić information content (AvgIpc) is 2.57. The molecule has 2 N–H and O–H groups in total. The molecule has 1 fully saturated rings. The van der Waals surface area contributed by atoms with E-state index in [1.807, 2.05) is 4.90 Å². The van der Waals surface area contributed by atoms with Gasteiger partial charge in [-0.05, 0) is 31.2 Å². The molecule has 0 amide bonds. The summed E-state index contributed by atoms with van der Waals surface area (Å²) in [4.78, 5) is 25.3. The van der Waals surface area contributed by atoms with E-state index in [-0.39, 0.29) is 17.4 Å². The first kappa shape index (κ1) is 11.2. The Hall–Kier alpha value is -1.88. The van der Waals surface area contributed by atoms with Gasteiger partial charge in [-0.3, -0.25) is 4.79 Å². The summed E-state index contributed by atoms with van der Waals surface area (Å²) in [5.74, 6) is -0.863. The van der Waals surface area contributed by atoms with Crippen LogP contribution in [0.1, 0.15) is 27.1 Å². The van der Waals surface area contributed by atoms with Crippen molar-refractivity contribution in [3.63, 3.8) is 0 Å². The van der Waals surface area contributed by atoms with Crippen molar-refractivity contribution >= 4 is 17.4 Å². The number of hydrogen-bond acceptors (Lipinski definition) is 4. The Bertz CT molecular complexity index is 527. The van der Waals surface area contributed by atoms with Crippen LogP contribution in [0.25, 0.3) is 0 Å². The summed E-state index contributed by atoms with van der Waals surface area (Å²) in [5, 5.41) is 12.3. The fourth-order valence-corrected chi connectivity index (χ4v) is 2.69. The molecule has 0 aliphatic carbocycles. The minimum atomic E-state index is -0.957. The molecular formula is C13H14N2O3. The summed E-state index contributed by atoms with van der Waals surface area (Å²) in [6, 6.07) is 4.57. The van der Waals surface area contributed by atoms with E-state index in [1.54, 1.807) is 12.1 Å². The lowest BCUT2D eigenvalue weighted by Gasteiger charge is -2.23. The van der Waals surface area contributed by atoms with Crippen LogP contribution < -0.4 is 10.2 Å². The molecular weight excluding hydrogens is 232 g/mol. The van der Waals surface area contributed by atoms with Gasteiger partial charge in [0.25, 0.3) is 0 Å². The third-order valence-corrected chi connectivity index (χ3v) is 3.59. The van der Waals surface area contributed by atoms with Crippen molar-refractivity contribution in [2.45, 2.75) is 12.5 Å². The van der Waals surface area contributed by atoms with Crippen molar-refractivity contribution < 1.29 is 14.7 Å². The number of fused-ring (bicyclic) bond motifs is 3. The average molecular weight is 246 g/mol. The normalized spacial score (nSPS) is 22.3. The van der Waals surface area contributed by atoms with E-state index >= 15 is 0 Å². The van der Waals surface area contributed by atoms with E-state index in [2.05, 4.69) is 5.32 Å². The van der Waals surface area contributed by atoms with Gasteiger partial charge in [-0.25, -0.2) is 4.79 Å². The maximum Gasteiger partial charge on any atom is 0.335 e. The number of rotatable bonds is 1. The Labute approximate surface area is 104 Å². The molecule has 2 heterocycles. The van der Waals surface area contributed by atoms with Gasteiger partial charge < -0.3 is 15.3 Å². The van der Waals surface area contributed by atoms with E-state index < -0.39 is 5.97 Å². The molecule has 1 atom stereocenters. The Morgan fingerprint density at radius 1 is 1.44 bits per heavy atom. The Balaban J connectivity index is 2.07. The quantitative estimate of drug-likeness (QED) is 0.765. The van der Waals surface area contributed by atoms with Crippen LogP contribution in [-0.4, -0.2) is 42.5 Å². The van der Waals surface area contributed by atoms with Crippen LogP contribution in [0.15, 0.2) is 18.2 Å². The summed E-state index contributed by atoms with van der Waals surface area (Å²) >= 11 is 0. The van der Waals surface area contributed by atoms with Gasteiger partial charge >= 0.3 is 5.97 Å². The lowest BCUT2D eigenvalue weighted by Crippen LogP contribution is -2.40. The fraction of sp³-hybridized carbons (Fsp3) is 0.385. The largest absolute Gasteiger partial charge is 0.478 e. The third kappa shape index (κ3) is 1.59. The minimum Gasteiger partial charge on any atom is -0.478 e. The van der Waals surface area contributed by atoms with Gasteiger partial charge in [0, 0.05) is 24.3 Å². The highest BCUT2D eigenvalue weighted by atomic mass is 16.4. The highest BCUT2D eigenvalue weighted by Gasteiger charge is 2.37. The molecule has 94 valence electrons. The van der Waals surface area contributed by atoms with Gasteiger partial charge in [-0.1, -0.05) is 0 Å². The number of carboxylic acids is 1. The van der Waals surface area contributed by atoms with Crippen LogP contribution in [0, 0.1) is 0 Å². The predicted molar refractivity (Wildman–Crippen MR) is 66.4 cm³/mol. The predicted octanol–water partition coefficient (Wildman–Crippen LogP) is 0.749. The molecule has 5 nitrogen and oxygen atoms in total. The Morgan fingerprint density at radius 3 is 3.06 bits per heavy atom. The summed E-state index contributed by atoms with van der Waals surface area (Å²) in [6.07, 6.45) is 0.959. The van der Waals surface area contributed by atoms with Gasteiger partial charge in [0.1, 0.15) is 6.04 Å². The molecule has 0 saturated carbocycles. The summed E-state index contributed by atoms with van der Waals surface area (Å²) in [6.45, 7) is 2.32. The number of ketones is 1. The highest BCUT2D eigenvalue weighted by Crippen LogP contribution is 2.33. The number of benzene rings is 1. The molecule has 18 heavy (non-hydrogen) atoms. The number of carbonyl (C=O) groups is 2. The van der Waals surface area contributed by atoms with Crippen LogP contribution in [0.3, 0.4) is 0 Å². The number of nitrogens with zero attached hydrogens (tertiary/aromatic N) is 1. The van der Waals surface area contributed by atoms with E-state index in [9.17, 15) is 9.59 Å². The number of Topliss-reactive ketones (excluding diaryl/α,β-unsaturated/α-hetero) is 1. The van der Waals surface area contributed by atoms with Crippen LogP contribution in [0.5, 0.6) is 0 Å². The Kier molecular flexibility index (Phi) is 2.56. The molecule has 2 aliphatic rings. The fourth-order valence-electron chi connectivity index (χ4n) is 2.69. The zero-order chi connectivity index (χ0) is 12.7.